The van der Waals surface area contributed by atoms with Crippen LogP contribution in [0.5, 0.6) is 11.5 Å². The summed E-state index contributed by atoms with van der Waals surface area (Å²) >= 11 is 0. The molecule has 0 fully saturated rings. The number of phenolic OH excluding ortho intramolecular Hbond substituents is 1. The zero-order chi connectivity index (χ0) is 10.0. The molecule has 0 aliphatic rings. The number of hydrogen-bond donors (Lipinski definition) is 2. The average Bonchev–Trinajstić information content (AvgIpc) is 2.12. The van der Waals surface area contributed by atoms with Crippen molar-refractivity contribution < 1.29 is 9.84 Å². The molecule has 0 amide bonds. The number of benzene rings is 1. The van der Waals surface area contributed by atoms with E-state index in [1.54, 1.807) is 0 Å². The van der Waals surface area contributed by atoms with Crippen molar-refractivity contribution in [3.63, 3.8) is 0 Å². The second-order valence-electron chi connectivity index (χ2n) is 3.05. The van der Waals surface area contributed by atoms with Crippen LogP contribution < -0.4 is 10.5 Å². The number of ether oxygens (including phenoxy) is 1. The Balaban J connectivity index is 3.39. The normalized spacial score (nSPS) is 10.2. The molecule has 3 N–H and O–H groups in total. The lowest BCUT2D eigenvalue weighted by Crippen LogP contribution is -2.02. The SMILES string of the molecule is COc1cc(C)c(C)c(CN)c1O. The van der Waals surface area contributed by atoms with Crippen LogP contribution in [0.2, 0.25) is 0 Å². The van der Waals surface area contributed by atoms with Gasteiger partial charge in [-0.05, 0) is 31.0 Å². The fraction of sp³-hybridized carbons (Fsp3) is 0.400. The fourth-order valence-corrected chi connectivity index (χ4v) is 1.34. The zero-order valence-electron chi connectivity index (χ0n) is 8.22. The third kappa shape index (κ3) is 1.60. The summed E-state index contributed by atoms with van der Waals surface area (Å²) < 4.78 is 5.02. The van der Waals surface area contributed by atoms with Crippen LogP contribution in [0, 0.1) is 13.8 Å². The molecule has 3 heteroatoms. The van der Waals surface area contributed by atoms with Crippen molar-refractivity contribution in [1.29, 1.82) is 0 Å². The van der Waals surface area contributed by atoms with Crippen LogP contribution in [0.25, 0.3) is 0 Å². The molecule has 0 aliphatic heterocycles. The van der Waals surface area contributed by atoms with Gasteiger partial charge in [-0.15, -0.1) is 0 Å². The topological polar surface area (TPSA) is 55.5 Å². The number of rotatable bonds is 2. The Labute approximate surface area is 78.1 Å². The van der Waals surface area contributed by atoms with Crippen molar-refractivity contribution in [2.24, 2.45) is 5.73 Å². The van der Waals surface area contributed by atoms with Crippen LogP contribution in [0.1, 0.15) is 16.7 Å². The molecular weight excluding hydrogens is 166 g/mol. The number of aromatic hydroxyl groups is 1. The number of methoxy groups -OCH3 is 1. The predicted octanol–water partition coefficient (Wildman–Crippen LogP) is 1.48. The van der Waals surface area contributed by atoms with E-state index < -0.39 is 0 Å². The Kier molecular flexibility index (Phi) is 2.78. The smallest absolute Gasteiger partial charge is 0.162 e. The van der Waals surface area contributed by atoms with Crippen LogP contribution in [-0.4, -0.2) is 12.2 Å². The molecule has 0 aliphatic carbocycles. The van der Waals surface area contributed by atoms with Gasteiger partial charge < -0.3 is 15.6 Å². The predicted molar refractivity (Wildman–Crippen MR) is 52.0 cm³/mol. The summed E-state index contributed by atoms with van der Waals surface area (Å²) in [4.78, 5) is 0. The molecule has 3 nitrogen and oxygen atoms in total. The maximum Gasteiger partial charge on any atom is 0.162 e. The van der Waals surface area contributed by atoms with Crippen LogP contribution >= 0.6 is 0 Å². The molecule has 72 valence electrons. The van der Waals surface area contributed by atoms with Crippen LogP contribution in [0.4, 0.5) is 0 Å². The molecule has 1 rings (SSSR count). The van der Waals surface area contributed by atoms with Gasteiger partial charge in [0.05, 0.1) is 7.11 Å². The number of phenols is 1. The quantitative estimate of drug-likeness (QED) is 0.726. The van der Waals surface area contributed by atoms with E-state index in [-0.39, 0.29) is 5.75 Å². The molecule has 0 bridgehead atoms. The van der Waals surface area contributed by atoms with E-state index in [0.29, 0.717) is 12.3 Å². The summed E-state index contributed by atoms with van der Waals surface area (Å²) in [5.74, 6) is 0.650. The van der Waals surface area contributed by atoms with Gasteiger partial charge in [-0.25, -0.2) is 0 Å². The Morgan fingerprint density at radius 3 is 2.54 bits per heavy atom. The molecular formula is C10H15NO2. The standard InChI is InChI=1S/C10H15NO2/c1-6-4-9(13-3)10(12)8(5-11)7(6)2/h4,12H,5,11H2,1-3H3. The van der Waals surface area contributed by atoms with Gasteiger partial charge in [-0.2, -0.15) is 0 Å². The Bertz CT molecular complexity index is 321. The lowest BCUT2D eigenvalue weighted by molar-refractivity contribution is 0.370. The summed E-state index contributed by atoms with van der Waals surface area (Å²) in [5, 5.41) is 9.69. The minimum Gasteiger partial charge on any atom is -0.504 e. The Morgan fingerprint density at radius 1 is 1.46 bits per heavy atom. The van der Waals surface area contributed by atoms with Crippen molar-refractivity contribution >= 4 is 0 Å². The first kappa shape index (κ1) is 9.86. The second-order valence-corrected chi connectivity index (χ2v) is 3.05. The number of nitrogens with two attached hydrogens (primary N) is 1. The third-order valence-corrected chi connectivity index (χ3v) is 2.34. The van der Waals surface area contributed by atoms with E-state index in [1.165, 1.54) is 7.11 Å². The highest BCUT2D eigenvalue weighted by Gasteiger charge is 2.11. The fourth-order valence-electron chi connectivity index (χ4n) is 1.34. The zero-order valence-corrected chi connectivity index (χ0v) is 8.22. The first-order valence-electron chi connectivity index (χ1n) is 4.18. The molecule has 1 aromatic rings. The molecule has 1 aromatic carbocycles. The van der Waals surface area contributed by atoms with Crippen molar-refractivity contribution in [2.75, 3.05) is 7.11 Å². The van der Waals surface area contributed by atoms with Crippen molar-refractivity contribution in [3.05, 3.63) is 22.8 Å². The van der Waals surface area contributed by atoms with Gasteiger partial charge in [0.2, 0.25) is 0 Å². The summed E-state index contributed by atoms with van der Waals surface area (Å²) in [6, 6.07) is 1.81. The maximum atomic E-state index is 9.69. The first-order chi connectivity index (χ1) is 6.11. The largest absolute Gasteiger partial charge is 0.504 e. The Hall–Kier alpha value is -1.22. The maximum absolute atomic E-state index is 9.69. The Morgan fingerprint density at radius 2 is 2.08 bits per heavy atom. The van der Waals surface area contributed by atoms with E-state index in [9.17, 15) is 5.11 Å². The summed E-state index contributed by atoms with van der Waals surface area (Å²) in [6.45, 7) is 4.24. The minimum atomic E-state index is 0.160. The molecule has 0 heterocycles. The van der Waals surface area contributed by atoms with Gasteiger partial charge in [0.1, 0.15) is 0 Å². The summed E-state index contributed by atoms with van der Waals surface area (Å²) in [7, 11) is 1.53. The molecule has 0 saturated carbocycles. The summed E-state index contributed by atoms with van der Waals surface area (Å²) in [5.41, 5.74) is 8.40. The highest BCUT2D eigenvalue weighted by molar-refractivity contribution is 5.52. The molecule has 13 heavy (non-hydrogen) atoms. The lowest BCUT2D eigenvalue weighted by atomic mass is 10.0. The first-order valence-corrected chi connectivity index (χ1v) is 4.18. The molecule has 0 spiro atoms. The van der Waals surface area contributed by atoms with Gasteiger partial charge in [0.25, 0.3) is 0 Å². The molecule has 0 aromatic heterocycles. The average molecular weight is 181 g/mol. The van der Waals surface area contributed by atoms with Gasteiger partial charge in [0, 0.05) is 12.1 Å². The minimum absolute atomic E-state index is 0.160. The van der Waals surface area contributed by atoms with Crippen molar-refractivity contribution in [3.8, 4) is 11.5 Å². The van der Waals surface area contributed by atoms with Gasteiger partial charge >= 0.3 is 0 Å². The van der Waals surface area contributed by atoms with E-state index in [4.69, 9.17) is 10.5 Å². The highest BCUT2D eigenvalue weighted by atomic mass is 16.5. The van der Waals surface area contributed by atoms with Gasteiger partial charge in [0.15, 0.2) is 11.5 Å². The van der Waals surface area contributed by atoms with Gasteiger partial charge in [-0.3, -0.25) is 0 Å². The molecule has 0 saturated heterocycles. The van der Waals surface area contributed by atoms with E-state index in [2.05, 4.69) is 0 Å². The number of hydrogen-bond acceptors (Lipinski definition) is 3. The molecule has 0 atom stereocenters. The van der Waals surface area contributed by atoms with E-state index in [0.717, 1.165) is 16.7 Å². The van der Waals surface area contributed by atoms with Crippen LogP contribution in [0.15, 0.2) is 6.07 Å². The van der Waals surface area contributed by atoms with Crippen molar-refractivity contribution in [2.45, 2.75) is 20.4 Å². The molecule has 0 radical (unpaired) electrons. The van der Waals surface area contributed by atoms with Crippen molar-refractivity contribution in [1.82, 2.24) is 0 Å². The number of aryl methyl sites for hydroxylation is 1. The second kappa shape index (κ2) is 3.66. The van der Waals surface area contributed by atoms with Crippen LogP contribution in [-0.2, 0) is 6.54 Å². The monoisotopic (exact) mass is 181 g/mol. The highest BCUT2D eigenvalue weighted by Crippen LogP contribution is 2.33. The van der Waals surface area contributed by atoms with Gasteiger partial charge in [-0.1, -0.05) is 0 Å². The van der Waals surface area contributed by atoms with E-state index in [1.807, 2.05) is 19.9 Å². The molecule has 0 unspecified atom stereocenters. The third-order valence-electron chi connectivity index (χ3n) is 2.34. The lowest BCUT2D eigenvalue weighted by Gasteiger charge is -2.12. The van der Waals surface area contributed by atoms with E-state index >= 15 is 0 Å². The summed E-state index contributed by atoms with van der Waals surface area (Å²) in [6.07, 6.45) is 0. The van der Waals surface area contributed by atoms with Crippen LogP contribution in [0.3, 0.4) is 0 Å².